The molecule has 50 heavy (non-hydrogen) atoms. The van der Waals surface area contributed by atoms with Gasteiger partial charge in [-0.05, 0) is 127 Å². The maximum Gasteiger partial charge on any atom is 0.0490 e. The molecule has 0 fully saturated rings. The third-order valence-electron chi connectivity index (χ3n) is 9.86. The SMILES string of the molecule is CC1=C(N(c2ccc(C3=CCCC=C3)cc2)c2ccc(-c3ccccc3)cc2)\C=C/CN(c2ccccc2)C/C=C(C2=CCCC=C2)\C=C\1C. The second kappa shape index (κ2) is 15.7. The summed E-state index contributed by atoms with van der Waals surface area (Å²) < 4.78 is 0. The molecule has 1 aliphatic heterocycles. The normalized spacial score (nSPS) is 20.8. The van der Waals surface area contributed by atoms with E-state index in [4.69, 9.17) is 0 Å². The molecule has 2 heteroatoms. The van der Waals surface area contributed by atoms with E-state index in [2.05, 4.69) is 194 Å². The number of nitrogens with zero attached hydrogens (tertiary/aromatic N) is 2. The summed E-state index contributed by atoms with van der Waals surface area (Å²) in [5.74, 6) is 0. The number of hydrogen-bond donors (Lipinski definition) is 0. The molecule has 0 spiro atoms. The second-order valence-corrected chi connectivity index (χ2v) is 13.2. The molecule has 0 atom stereocenters. The van der Waals surface area contributed by atoms with Gasteiger partial charge < -0.3 is 9.80 Å². The van der Waals surface area contributed by atoms with Crippen molar-refractivity contribution in [3.63, 3.8) is 0 Å². The molecule has 4 aromatic rings. The van der Waals surface area contributed by atoms with E-state index in [1.54, 1.807) is 0 Å². The first kappa shape index (κ1) is 32.9. The Hall–Kier alpha value is -5.60. The average molecular weight is 651 g/mol. The van der Waals surface area contributed by atoms with Gasteiger partial charge in [0, 0.05) is 35.8 Å². The highest BCUT2D eigenvalue weighted by molar-refractivity contribution is 5.79. The summed E-state index contributed by atoms with van der Waals surface area (Å²) in [6.45, 7) is 6.15. The summed E-state index contributed by atoms with van der Waals surface area (Å²) in [5.41, 5.74) is 14.7. The molecular weight excluding hydrogens is 605 g/mol. The summed E-state index contributed by atoms with van der Waals surface area (Å²) >= 11 is 0. The van der Waals surface area contributed by atoms with Crippen LogP contribution in [-0.4, -0.2) is 13.1 Å². The fourth-order valence-electron chi connectivity index (χ4n) is 6.91. The Bertz CT molecular complexity index is 2030. The fourth-order valence-corrected chi connectivity index (χ4v) is 6.91. The third kappa shape index (κ3) is 7.66. The van der Waals surface area contributed by atoms with Gasteiger partial charge in [-0.1, -0.05) is 127 Å². The molecule has 248 valence electrons. The van der Waals surface area contributed by atoms with Crippen LogP contribution in [0.1, 0.15) is 45.1 Å². The molecule has 3 aliphatic rings. The van der Waals surface area contributed by atoms with E-state index < -0.39 is 0 Å². The summed E-state index contributed by atoms with van der Waals surface area (Å²) in [6, 6.07) is 39.5. The van der Waals surface area contributed by atoms with Crippen LogP contribution in [-0.2, 0) is 0 Å². The van der Waals surface area contributed by atoms with E-state index in [1.807, 2.05) is 0 Å². The molecule has 0 bridgehead atoms. The zero-order valence-electron chi connectivity index (χ0n) is 29.3. The summed E-state index contributed by atoms with van der Waals surface area (Å²) in [4.78, 5) is 4.88. The fraction of sp³-hybridized carbons (Fsp3) is 0.167. The summed E-state index contributed by atoms with van der Waals surface area (Å²) in [5, 5.41) is 0. The Balaban J connectivity index is 1.36. The van der Waals surface area contributed by atoms with Crippen LogP contribution >= 0.6 is 0 Å². The number of allylic oxidation sites excluding steroid dienone is 13. The van der Waals surface area contributed by atoms with Crippen molar-refractivity contribution in [1.29, 1.82) is 0 Å². The first-order chi connectivity index (χ1) is 24.6. The molecule has 0 saturated heterocycles. The van der Waals surface area contributed by atoms with Crippen LogP contribution in [0.25, 0.3) is 16.7 Å². The Labute approximate surface area is 298 Å². The van der Waals surface area contributed by atoms with Gasteiger partial charge in [0.25, 0.3) is 0 Å². The number of benzene rings is 4. The minimum atomic E-state index is 0.790. The van der Waals surface area contributed by atoms with Gasteiger partial charge in [-0.3, -0.25) is 0 Å². The van der Waals surface area contributed by atoms with Crippen LogP contribution in [0.4, 0.5) is 17.1 Å². The highest BCUT2D eigenvalue weighted by Gasteiger charge is 2.19. The molecule has 2 nitrogen and oxygen atoms in total. The number of anilines is 3. The standard InChI is InChI=1S/C48H46N2/c1-37-36-44(41-20-11-5-12-21-41)33-35-49(45-22-13-6-14-23-45)34-15-24-48(38(37)2)50(46-29-25-42(26-30-46)39-16-7-3-8-17-39)47-31-27-43(28-32-47)40-18-9-4-10-19-40/h3,6-9,11,13-33,36H,4-5,10,12,34-35H2,1-2H3/b24-15-,37-36+,44-33+,48-38-. The minimum Gasteiger partial charge on any atom is -0.364 e. The van der Waals surface area contributed by atoms with Gasteiger partial charge in [0.2, 0.25) is 0 Å². The van der Waals surface area contributed by atoms with Crippen LogP contribution in [0, 0.1) is 0 Å². The quantitative estimate of drug-likeness (QED) is 0.196. The molecule has 7 rings (SSSR count). The lowest BCUT2D eigenvalue weighted by Crippen LogP contribution is -2.24. The van der Waals surface area contributed by atoms with Gasteiger partial charge in [-0.25, -0.2) is 0 Å². The minimum absolute atomic E-state index is 0.790. The van der Waals surface area contributed by atoms with E-state index in [9.17, 15) is 0 Å². The number of para-hydroxylation sites is 1. The van der Waals surface area contributed by atoms with E-state index in [-0.39, 0.29) is 0 Å². The highest BCUT2D eigenvalue weighted by atomic mass is 15.2. The van der Waals surface area contributed by atoms with E-state index in [1.165, 1.54) is 50.2 Å². The lowest BCUT2D eigenvalue weighted by Gasteiger charge is -2.29. The average Bonchev–Trinajstić information content (AvgIpc) is 3.22. The van der Waals surface area contributed by atoms with Crippen molar-refractivity contribution in [2.75, 3.05) is 22.9 Å². The van der Waals surface area contributed by atoms with Crippen LogP contribution < -0.4 is 9.80 Å². The second-order valence-electron chi connectivity index (χ2n) is 13.2. The maximum absolute atomic E-state index is 2.45. The molecule has 2 aliphatic carbocycles. The highest BCUT2D eigenvalue weighted by Crippen LogP contribution is 2.37. The van der Waals surface area contributed by atoms with E-state index in [0.29, 0.717) is 0 Å². The van der Waals surface area contributed by atoms with Crippen molar-refractivity contribution >= 4 is 22.6 Å². The topological polar surface area (TPSA) is 6.48 Å². The molecule has 0 unspecified atom stereocenters. The lowest BCUT2D eigenvalue weighted by molar-refractivity contribution is 0.948. The van der Waals surface area contributed by atoms with Crippen molar-refractivity contribution in [2.45, 2.75) is 39.5 Å². The molecule has 0 amide bonds. The maximum atomic E-state index is 2.45. The Morgan fingerprint density at radius 3 is 1.68 bits per heavy atom. The Morgan fingerprint density at radius 1 is 0.480 bits per heavy atom. The van der Waals surface area contributed by atoms with Gasteiger partial charge >= 0.3 is 0 Å². The molecule has 0 saturated carbocycles. The molecule has 0 aromatic heterocycles. The van der Waals surface area contributed by atoms with Gasteiger partial charge in [0.15, 0.2) is 0 Å². The predicted octanol–water partition coefficient (Wildman–Crippen LogP) is 12.7. The van der Waals surface area contributed by atoms with Crippen LogP contribution in [0.2, 0.25) is 0 Å². The van der Waals surface area contributed by atoms with Crippen LogP contribution in [0.5, 0.6) is 0 Å². The van der Waals surface area contributed by atoms with Crippen molar-refractivity contribution in [3.05, 3.63) is 204 Å². The zero-order chi connectivity index (χ0) is 34.1. The number of rotatable bonds is 7. The Morgan fingerprint density at radius 2 is 1.06 bits per heavy atom. The van der Waals surface area contributed by atoms with Crippen LogP contribution in [0.15, 0.2) is 198 Å². The molecular formula is C48H46N2. The molecule has 1 heterocycles. The smallest absolute Gasteiger partial charge is 0.0490 e. The molecule has 4 aromatic carbocycles. The zero-order valence-corrected chi connectivity index (χ0v) is 29.3. The Kier molecular flexibility index (Phi) is 10.4. The number of hydrogen-bond acceptors (Lipinski definition) is 2. The van der Waals surface area contributed by atoms with Crippen molar-refractivity contribution in [3.8, 4) is 11.1 Å². The lowest BCUT2D eigenvalue weighted by atomic mass is 9.95. The predicted molar refractivity (Wildman–Crippen MR) is 216 cm³/mol. The monoisotopic (exact) mass is 650 g/mol. The van der Waals surface area contributed by atoms with E-state index in [0.717, 1.165) is 55.8 Å². The van der Waals surface area contributed by atoms with Gasteiger partial charge in [-0.15, -0.1) is 0 Å². The largest absolute Gasteiger partial charge is 0.364 e. The van der Waals surface area contributed by atoms with Crippen molar-refractivity contribution < 1.29 is 0 Å². The van der Waals surface area contributed by atoms with Crippen LogP contribution in [0.3, 0.4) is 0 Å². The summed E-state index contributed by atoms with van der Waals surface area (Å²) in [7, 11) is 0. The van der Waals surface area contributed by atoms with Crippen molar-refractivity contribution in [1.82, 2.24) is 0 Å². The van der Waals surface area contributed by atoms with Crippen molar-refractivity contribution in [2.24, 2.45) is 0 Å². The third-order valence-corrected chi connectivity index (χ3v) is 9.86. The van der Waals surface area contributed by atoms with Gasteiger partial charge in [0.05, 0.1) is 0 Å². The first-order valence-electron chi connectivity index (χ1n) is 18.0. The van der Waals surface area contributed by atoms with Gasteiger partial charge in [0.1, 0.15) is 0 Å². The molecule has 0 N–H and O–H groups in total. The first-order valence-corrected chi connectivity index (χ1v) is 18.0. The van der Waals surface area contributed by atoms with Gasteiger partial charge in [-0.2, -0.15) is 0 Å². The molecule has 0 radical (unpaired) electrons. The van der Waals surface area contributed by atoms with E-state index >= 15 is 0 Å². The summed E-state index contributed by atoms with van der Waals surface area (Å²) in [6.07, 6.45) is 27.7.